The van der Waals surface area contributed by atoms with Gasteiger partial charge in [-0.2, -0.15) is 0 Å². The molecule has 0 aliphatic rings. The molecule has 2 rings (SSSR count). The zero-order valence-electron chi connectivity index (χ0n) is 11.0. The van der Waals surface area contributed by atoms with Crippen molar-refractivity contribution < 1.29 is 9.50 Å². The summed E-state index contributed by atoms with van der Waals surface area (Å²) in [4.78, 5) is 3.84. The quantitative estimate of drug-likeness (QED) is 0.885. The number of hydrogen-bond acceptors (Lipinski definition) is 3. The number of aromatic nitrogens is 1. The number of para-hydroxylation sites is 1. The summed E-state index contributed by atoms with van der Waals surface area (Å²) >= 11 is 0. The molecule has 1 aromatic carbocycles. The predicted octanol–water partition coefficient (Wildman–Crippen LogP) is 3.45. The summed E-state index contributed by atoms with van der Waals surface area (Å²) in [6, 6.07) is 8.89. The van der Waals surface area contributed by atoms with Crippen LogP contribution in [-0.4, -0.2) is 10.1 Å². The molecule has 19 heavy (non-hydrogen) atoms. The van der Waals surface area contributed by atoms with Gasteiger partial charge in [-0.25, -0.2) is 4.39 Å². The molecule has 2 aromatic rings. The van der Waals surface area contributed by atoms with E-state index in [1.165, 1.54) is 12.3 Å². The average molecular weight is 260 g/mol. The van der Waals surface area contributed by atoms with E-state index in [1.54, 1.807) is 13.1 Å². The molecule has 0 fully saturated rings. The molecular formula is C15H17FN2O. The minimum absolute atomic E-state index is 0.0944. The largest absolute Gasteiger partial charge is 0.389 e. The molecule has 0 amide bonds. The molecule has 2 N–H and O–H groups in total. The fraction of sp³-hybridized carbons (Fsp3) is 0.267. The second-order valence-corrected chi connectivity index (χ2v) is 4.57. The highest BCUT2D eigenvalue weighted by Gasteiger charge is 2.11. The lowest BCUT2D eigenvalue weighted by molar-refractivity contribution is 0.200. The van der Waals surface area contributed by atoms with E-state index in [0.29, 0.717) is 0 Å². The summed E-state index contributed by atoms with van der Waals surface area (Å²) in [7, 11) is 0. The van der Waals surface area contributed by atoms with Gasteiger partial charge < -0.3 is 10.4 Å². The SMILES string of the molecule is CC(O)c1ccccc1NC(C)c1cncc(F)c1. The van der Waals surface area contributed by atoms with Crippen LogP contribution in [0.5, 0.6) is 0 Å². The van der Waals surface area contributed by atoms with Gasteiger partial charge in [0.2, 0.25) is 0 Å². The van der Waals surface area contributed by atoms with Crippen molar-refractivity contribution in [1.82, 2.24) is 4.98 Å². The molecule has 0 spiro atoms. The summed E-state index contributed by atoms with van der Waals surface area (Å²) in [5.41, 5.74) is 2.42. The lowest BCUT2D eigenvalue weighted by Crippen LogP contribution is -2.10. The molecule has 1 heterocycles. The first-order valence-electron chi connectivity index (χ1n) is 6.22. The Morgan fingerprint density at radius 3 is 2.63 bits per heavy atom. The van der Waals surface area contributed by atoms with E-state index in [-0.39, 0.29) is 11.9 Å². The fourth-order valence-corrected chi connectivity index (χ4v) is 1.97. The van der Waals surface area contributed by atoms with Crippen LogP contribution >= 0.6 is 0 Å². The van der Waals surface area contributed by atoms with Crippen molar-refractivity contribution in [3.8, 4) is 0 Å². The zero-order chi connectivity index (χ0) is 13.8. The number of anilines is 1. The number of nitrogens with one attached hydrogen (secondary N) is 1. The van der Waals surface area contributed by atoms with Crippen molar-refractivity contribution in [2.24, 2.45) is 0 Å². The van der Waals surface area contributed by atoms with Gasteiger partial charge in [0.25, 0.3) is 0 Å². The molecule has 0 aliphatic heterocycles. The molecule has 100 valence electrons. The zero-order valence-corrected chi connectivity index (χ0v) is 11.0. The van der Waals surface area contributed by atoms with E-state index in [4.69, 9.17) is 0 Å². The number of aliphatic hydroxyl groups is 1. The minimum Gasteiger partial charge on any atom is -0.389 e. The molecule has 3 nitrogen and oxygen atoms in total. The summed E-state index contributed by atoms with van der Waals surface area (Å²) in [5.74, 6) is -0.352. The third-order valence-electron chi connectivity index (χ3n) is 3.01. The molecule has 0 saturated carbocycles. The Hall–Kier alpha value is -1.94. The minimum atomic E-state index is -0.554. The molecular weight excluding hydrogens is 243 g/mol. The highest BCUT2D eigenvalue weighted by atomic mass is 19.1. The maximum atomic E-state index is 13.1. The van der Waals surface area contributed by atoms with Gasteiger partial charge in [0.05, 0.1) is 18.3 Å². The van der Waals surface area contributed by atoms with E-state index in [1.807, 2.05) is 31.2 Å². The monoisotopic (exact) mass is 260 g/mol. The first-order chi connectivity index (χ1) is 9.08. The number of halogens is 1. The molecule has 0 saturated heterocycles. The number of hydrogen-bond donors (Lipinski definition) is 2. The van der Waals surface area contributed by atoms with Crippen LogP contribution in [0.3, 0.4) is 0 Å². The van der Waals surface area contributed by atoms with Crippen LogP contribution in [0.25, 0.3) is 0 Å². The highest BCUT2D eigenvalue weighted by molar-refractivity contribution is 5.53. The number of aliphatic hydroxyl groups excluding tert-OH is 1. The lowest BCUT2D eigenvalue weighted by Gasteiger charge is -2.19. The van der Waals surface area contributed by atoms with Crippen molar-refractivity contribution in [2.45, 2.75) is 26.0 Å². The normalized spacial score (nSPS) is 13.9. The molecule has 2 unspecified atom stereocenters. The van der Waals surface area contributed by atoms with E-state index >= 15 is 0 Å². The van der Waals surface area contributed by atoms with Crippen LogP contribution in [0.15, 0.2) is 42.7 Å². The second-order valence-electron chi connectivity index (χ2n) is 4.57. The van der Waals surface area contributed by atoms with Crippen molar-refractivity contribution in [2.75, 3.05) is 5.32 Å². The van der Waals surface area contributed by atoms with Gasteiger partial charge in [0.15, 0.2) is 0 Å². The van der Waals surface area contributed by atoms with Crippen molar-refractivity contribution in [1.29, 1.82) is 0 Å². The van der Waals surface area contributed by atoms with Crippen molar-refractivity contribution in [3.63, 3.8) is 0 Å². The molecule has 2 atom stereocenters. The number of nitrogens with zero attached hydrogens (tertiary/aromatic N) is 1. The summed E-state index contributed by atoms with van der Waals surface area (Å²) in [6.07, 6.45) is 2.26. The lowest BCUT2D eigenvalue weighted by atomic mass is 10.1. The Morgan fingerprint density at radius 1 is 1.21 bits per heavy atom. The van der Waals surface area contributed by atoms with Crippen LogP contribution in [-0.2, 0) is 0 Å². The Labute approximate surface area is 112 Å². The van der Waals surface area contributed by atoms with Gasteiger partial charge in [-0.05, 0) is 31.5 Å². The summed E-state index contributed by atoms with van der Waals surface area (Å²) in [6.45, 7) is 3.64. The van der Waals surface area contributed by atoms with Gasteiger partial charge in [-0.15, -0.1) is 0 Å². The number of pyridine rings is 1. The summed E-state index contributed by atoms with van der Waals surface area (Å²) < 4.78 is 13.1. The standard InChI is InChI=1S/C15H17FN2O/c1-10(12-7-13(16)9-17-8-12)18-15-6-4-3-5-14(15)11(2)19/h3-11,18-19H,1-2H3. The van der Waals surface area contributed by atoms with Crippen LogP contribution < -0.4 is 5.32 Å². The van der Waals surface area contributed by atoms with E-state index in [9.17, 15) is 9.50 Å². The van der Waals surface area contributed by atoms with E-state index in [2.05, 4.69) is 10.3 Å². The predicted molar refractivity (Wildman–Crippen MR) is 73.3 cm³/mol. The summed E-state index contributed by atoms with van der Waals surface area (Å²) in [5, 5.41) is 13.0. The number of rotatable bonds is 4. The van der Waals surface area contributed by atoms with Gasteiger partial charge in [-0.3, -0.25) is 4.98 Å². The van der Waals surface area contributed by atoms with Gasteiger partial charge in [0.1, 0.15) is 5.82 Å². The Balaban J connectivity index is 2.22. The van der Waals surface area contributed by atoms with Gasteiger partial charge in [0, 0.05) is 17.4 Å². The fourth-order valence-electron chi connectivity index (χ4n) is 1.97. The Kier molecular flexibility index (Phi) is 4.12. The maximum absolute atomic E-state index is 13.1. The smallest absolute Gasteiger partial charge is 0.141 e. The molecule has 0 bridgehead atoms. The maximum Gasteiger partial charge on any atom is 0.141 e. The molecule has 0 radical (unpaired) electrons. The number of benzene rings is 1. The second kappa shape index (κ2) is 5.80. The Bertz CT molecular complexity index is 557. The third kappa shape index (κ3) is 3.29. The van der Waals surface area contributed by atoms with Gasteiger partial charge in [-0.1, -0.05) is 18.2 Å². The van der Waals surface area contributed by atoms with Crippen molar-refractivity contribution in [3.05, 3.63) is 59.7 Å². The molecule has 1 aromatic heterocycles. The first kappa shape index (κ1) is 13.5. The van der Waals surface area contributed by atoms with Crippen LogP contribution in [0.1, 0.15) is 37.1 Å². The molecule has 4 heteroatoms. The highest BCUT2D eigenvalue weighted by Crippen LogP contribution is 2.26. The first-order valence-corrected chi connectivity index (χ1v) is 6.22. The van der Waals surface area contributed by atoms with Crippen LogP contribution in [0, 0.1) is 5.82 Å². The third-order valence-corrected chi connectivity index (χ3v) is 3.01. The van der Waals surface area contributed by atoms with Gasteiger partial charge >= 0.3 is 0 Å². The van der Waals surface area contributed by atoms with E-state index in [0.717, 1.165) is 16.8 Å². The Morgan fingerprint density at radius 2 is 1.95 bits per heavy atom. The topological polar surface area (TPSA) is 45.1 Å². The van der Waals surface area contributed by atoms with Crippen molar-refractivity contribution >= 4 is 5.69 Å². The molecule has 0 aliphatic carbocycles. The van der Waals surface area contributed by atoms with Crippen LogP contribution in [0.4, 0.5) is 10.1 Å². The van der Waals surface area contributed by atoms with E-state index < -0.39 is 6.10 Å². The average Bonchev–Trinajstić information content (AvgIpc) is 2.39. The van der Waals surface area contributed by atoms with Crippen LogP contribution in [0.2, 0.25) is 0 Å².